The Kier molecular flexibility index (Phi) is 8.78. The summed E-state index contributed by atoms with van der Waals surface area (Å²) < 4.78 is 34.0. The van der Waals surface area contributed by atoms with Gasteiger partial charge in [0, 0.05) is 29.6 Å². The lowest BCUT2D eigenvalue weighted by Crippen LogP contribution is -2.44. The Morgan fingerprint density at radius 1 is 1.10 bits per heavy atom. The molecule has 5 rings (SSSR count). The Bertz CT molecular complexity index is 1380. The van der Waals surface area contributed by atoms with Gasteiger partial charge in [-0.25, -0.2) is 13.1 Å². The largest absolute Gasteiger partial charge is 0.491 e. The molecular formula is C31H39ClN2O5S. The maximum atomic E-state index is 13.1. The molecule has 2 aliphatic heterocycles. The van der Waals surface area contributed by atoms with E-state index >= 15 is 0 Å². The highest BCUT2D eigenvalue weighted by molar-refractivity contribution is 7.90. The number of allylic oxidation sites excluding steroid dienone is 1. The average molecular weight is 587 g/mol. The molecule has 2 heterocycles. The summed E-state index contributed by atoms with van der Waals surface area (Å²) >= 11 is 6.36. The number of nitrogens with zero attached hydrogens (tertiary/aromatic N) is 1. The monoisotopic (exact) mass is 586 g/mol. The van der Waals surface area contributed by atoms with Crippen LogP contribution < -0.4 is 14.4 Å². The summed E-state index contributed by atoms with van der Waals surface area (Å²) in [4.78, 5) is 15.3. The Hall–Kier alpha value is -2.55. The molecule has 0 radical (unpaired) electrons. The van der Waals surface area contributed by atoms with Crippen molar-refractivity contribution < 1.29 is 23.1 Å². The lowest BCUT2D eigenvalue weighted by molar-refractivity contribution is 0.0460. The van der Waals surface area contributed by atoms with Crippen molar-refractivity contribution in [2.75, 3.05) is 30.3 Å². The number of fused-ring (bicyclic) bond motifs is 2. The SMILES string of the molecule is CCCc1cc(Cl)ccc1[C@@H]1COc2ccc3cc2N(C1)C[C@@H]1CC[C@H]1[C@@H](O)/C=C/[C@H](C)CCS(=O)(=O)NC3=O. The number of rotatable bonds is 3. The molecule has 9 heteroatoms. The van der Waals surface area contributed by atoms with Gasteiger partial charge in [-0.2, -0.15) is 0 Å². The lowest BCUT2D eigenvalue weighted by atomic mass is 9.70. The van der Waals surface area contributed by atoms with E-state index in [2.05, 4.69) is 22.6 Å². The highest BCUT2D eigenvalue weighted by Crippen LogP contribution is 2.42. The summed E-state index contributed by atoms with van der Waals surface area (Å²) in [6.45, 7) is 5.92. The maximum Gasteiger partial charge on any atom is 0.264 e. The van der Waals surface area contributed by atoms with Crippen LogP contribution in [0.15, 0.2) is 48.6 Å². The minimum Gasteiger partial charge on any atom is -0.491 e. The summed E-state index contributed by atoms with van der Waals surface area (Å²) in [6.07, 6.45) is 7.38. The van der Waals surface area contributed by atoms with E-state index in [9.17, 15) is 18.3 Å². The van der Waals surface area contributed by atoms with Crippen molar-refractivity contribution in [3.63, 3.8) is 0 Å². The van der Waals surface area contributed by atoms with Gasteiger partial charge in [0.05, 0.1) is 24.2 Å². The van der Waals surface area contributed by atoms with Gasteiger partial charge in [0.25, 0.3) is 5.91 Å². The molecule has 2 aromatic rings. The fraction of sp³-hybridized carbons (Fsp3) is 0.516. The van der Waals surface area contributed by atoms with Gasteiger partial charge in [-0.15, -0.1) is 0 Å². The van der Waals surface area contributed by atoms with Gasteiger partial charge < -0.3 is 14.7 Å². The zero-order valence-electron chi connectivity index (χ0n) is 23.2. The molecule has 3 aliphatic rings. The second kappa shape index (κ2) is 12.1. The molecular weight excluding hydrogens is 548 g/mol. The standard InChI is InChI=1S/C31H39ClN2O5S/c1-3-4-21-15-25(32)8-10-26(21)24-18-34-17-23-6-9-27(23)29(35)11-5-20(2)13-14-40(37,38)33-31(36)22-7-12-30(39-19-24)28(34)16-22/h5,7-8,10-12,15-16,20,23-24,27,29,35H,3-4,6,9,13-14,17-19H2,1-2H3,(H,33,36)/b11-5+/t20-,23-,24-,27+,29-/m0/s1. The molecule has 2 bridgehead atoms. The van der Waals surface area contributed by atoms with Crippen molar-refractivity contribution in [3.05, 3.63) is 70.3 Å². The van der Waals surface area contributed by atoms with Crippen LogP contribution in [0.4, 0.5) is 5.69 Å². The summed E-state index contributed by atoms with van der Waals surface area (Å²) in [5.74, 6) is 0.294. The number of aliphatic hydroxyl groups excluding tert-OH is 1. The van der Waals surface area contributed by atoms with Crippen LogP contribution in [0.25, 0.3) is 0 Å². The van der Waals surface area contributed by atoms with E-state index < -0.39 is 22.0 Å². The lowest BCUT2D eigenvalue weighted by Gasteiger charge is -2.42. The molecule has 5 atom stereocenters. The van der Waals surface area contributed by atoms with Gasteiger partial charge in [0.1, 0.15) is 5.75 Å². The Balaban J connectivity index is 1.53. The smallest absolute Gasteiger partial charge is 0.264 e. The highest BCUT2D eigenvalue weighted by atomic mass is 35.5. The normalized spacial score (nSPS) is 29.2. The van der Waals surface area contributed by atoms with E-state index in [-0.39, 0.29) is 35.0 Å². The van der Waals surface area contributed by atoms with Gasteiger partial charge in [-0.05, 0) is 84.9 Å². The molecule has 7 nitrogen and oxygen atoms in total. The fourth-order valence-corrected chi connectivity index (χ4v) is 7.52. The number of nitrogens with one attached hydrogen (secondary N) is 1. The van der Waals surface area contributed by atoms with Crippen LogP contribution in [0.3, 0.4) is 0 Å². The number of halogens is 1. The minimum atomic E-state index is -3.81. The second-order valence-corrected chi connectivity index (χ2v) is 13.9. The summed E-state index contributed by atoms with van der Waals surface area (Å²) in [5, 5.41) is 11.7. The molecule has 2 aromatic carbocycles. The third kappa shape index (κ3) is 6.50. The number of aryl methyl sites for hydroxylation is 1. The van der Waals surface area contributed by atoms with Crippen molar-refractivity contribution >= 4 is 33.2 Å². The van der Waals surface area contributed by atoms with Gasteiger partial charge in [0.15, 0.2) is 0 Å². The van der Waals surface area contributed by atoms with Crippen LogP contribution in [0.1, 0.15) is 66.9 Å². The number of aliphatic hydroxyl groups is 1. The van der Waals surface area contributed by atoms with E-state index in [1.54, 1.807) is 18.2 Å². The van der Waals surface area contributed by atoms with Crippen LogP contribution in [0.5, 0.6) is 5.75 Å². The first-order valence-corrected chi connectivity index (χ1v) is 16.4. The Morgan fingerprint density at radius 3 is 2.67 bits per heavy atom. The van der Waals surface area contributed by atoms with Crippen LogP contribution in [-0.4, -0.2) is 51.0 Å². The molecule has 1 fully saturated rings. The second-order valence-electron chi connectivity index (χ2n) is 11.6. The summed E-state index contributed by atoms with van der Waals surface area (Å²) in [7, 11) is -3.81. The molecule has 0 saturated heterocycles. The molecule has 1 saturated carbocycles. The summed E-state index contributed by atoms with van der Waals surface area (Å²) in [6, 6.07) is 11.2. The maximum absolute atomic E-state index is 13.1. The van der Waals surface area contributed by atoms with Gasteiger partial charge in [-0.1, -0.05) is 50.1 Å². The third-order valence-corrected chi connectivity index (χ3v) is 10.1. The van der Waals surface area contributed by atoms with Crippen molar-refractivity contribution in [2.24, 2.45) is 17.8 Å². The molecule has 2 N–H and O–H groups in total. The molecule has 216 valence electrons. The first-order valence-electron chi connectivity index (χ1n) is 14.3. The average Bonchev–Trinajstić information content (AvgIpc) is 3.07. The summed E-state index contributed by atoms with van der Waals surface area (Å²) in [5.41, 5.74) is 3.47. The zero-order valence-corrected chi connectivity index (χ0v) is 24.8. The number of ether oxygens (including phenoxy) is 1. The molecule has 1 amide bonds. The van der Waals surface area contributed by atoms with E-state index in [0.717, 1.165) is 31.4 Å². The number of benzene rings is 2. The zero-order chi connectivity index (χ0) is 28.4. The number of anilines is 1. The number of sulfonamides is 1. The van der Waals surface area contributed by atoms with E-state index in [0.29, 0.717) is 36.9 Å². The molecule has 40 heavy (non-hydrogen) atoms. The van der Waals surface area contributed by atoms with Gasteiger partial charge >= 0.3 is 0 Å². The van der Waals surface area contributed by atoms with Gasteiger partial charge in [0.2, 0.25) is 10.0 Å². The van der Waals surface area contributed by atoms with Gasteiger partial charge in [-0.3, -0.25) is 4.79 Å². The Labute approximate surface area is 242 Å². The van der Waals surface area contributed by atoms with Crippen LogP contribution >= 0.6 is 11.6 Å². The van der Waals surface area contributed by atoms with Crippen LogP contribution in [0.2, 0.25) is 5.02 Å². The molecule has 0 unspecified atom stereocenters. The predicted molar refractivity (Wildman–Crippen MR) is 159 cm³/mol. The van der Waals surface area contributed by atoms with Crippen molar-refractivity contribution in [3.8, 4) is 5.75 Å². The topological polar surface area (TPSA) is 95.9 Å². The number of hydrogen-bond donors (Lipinski definition) is 2. The van der Waals surface area contributed by atoms with Crippen molar-refractivity contribution in [2.45, 2.75) is 58.0 Å². The number of amides is 1. The Morgan fingerprint density at radius 2 is 1.93 bits per heavy atom. The highest BCUT2D eigenvalue weighted by Gasteiger charge is 2.38. The number of hydrogen-bond acceptors (Lipinski definition) is 6. The first kappa shape index (κ1) is 29.0. The van der Waals surface area contributed by atoms with E-state index in [1.807, 2.05) is 31.2 Å². The first-order chi connectivity index (χ1) is 19.1. The third-order valence-electron chi connectivity index (χ3n) is 8.60. The molecule has 1 aliphatic carbocycles. The van der Waals surface area contributed by atoms with Crippen molar-refractivity contribution in [1.82, 2.24) is 4.72 Å². The van der Waals surface area contributed by atoms with Crippen LogP contribution in [-0.2, 0) is 16.4 Å². The van der Waals surface area contributed by atoms with E-state index in [4.69, 9.17) is 16.3 Å². The van der Waals surface area contributed by atoms with Crippen LogP contribution in [0, 0.1) is 17.8 Å². The number of carbonyl (C=O) groups is 1. The predicted octanol–water partition coefficient (Wildman–Crippen LogP) is 5.32. The van der Waals surface area contributed by atoms with Crippen molar-refractivity contribution in [1.29, 1.82) is 0 Å². The minimum absolute atomic E-state index is 0.0427. The molecule has 0 aromatic heterocycles. The fourth-order valence-electron chi connectivity index (χ4n) is 6.14. The molecule has 0 spiro atoms. The quantitative estimate of drug-likeness (QED) is 0.473. The number of carbonyl (C=O) groups excluding carboxylic acids is 1. The van der Waals surface area contributed by atoms with E-state index in [1.165, 1.54) is 11.1 Å².